The Morgan fingerprint density at radius 1 is 1.26 bits per heavy atom. The smallest absolute Gasteiger partial charge is 0.335 e. The molecule has 1 aromatic carbocycles. The van der Waals surface area contributed by atoms with E-state index in [0.29, 0.717) is 10.7 Å². The second-order valence-electron chi connectivity index (χ2n) is 5.08. The zero-order chi connectivity index (χ0) is 16.6. The third-order valence-electron chi connectivity index (χ3n) is 3.50. The minimum Gasteiger partial charge on any atom is -0.335 e. The number of rotatable bonds is 3. The standard InChI is InChI=1S/C16H15N3O3S/c1-9-10(2)23-16(17-9)18-14(20)13-12(15(21)22-19(13)3)11-7-5-4-6-8-11/h4-8H,1-3H3,(H,17,18,20). The van der Waals surface area contributed by atoms with E-state index >= 15 is 0 Å². The predicted molar refractivity (Wildman–Crippen MR) is 88.9 cm³/mol. The van der Waals surface area contributed by atoms with E-state index in [0.717, 1.165) is 10.6 Å². The number of aryl methyl sites for hydroxylation is 3. The van der Waals surface area contributed by atoms with Crippen LogP contribution in [-0.2, 0) is 7.05 Å². The molecule has 2 aromatic heterocycles. The van der Waals surface area contributed by atoms with Gasteiger partial charge in [-0.1, -0.05) is 30.3 Å². The summed E-state index contributed by atoms with van der Waals surface area (Å²) in [5.41, 5.74) is 1.38. The van der Waals surface area contributed by atoms with Crippen molar-refractivity contribution < 1.29 is 9.32 Å². The van der Waals surface area contributed by atoms with E-state index in [9.17, 15) is 9.59 Å². The Morgan fingerprint density at radius 3 is 2.57 bits per heavy atom. The molecule has 6 nitrogen and oxygen atoms in total. The van der Waals surface area contributed by atoms with E-state index < -0.39 is 11.5 Å². The molecule has 0 spiro atoms. The van der Waals surface area contributed by atoms with Crippen LogP contribution >= 0.6 is 11.3 Å². The number of nitrogens with zero attached hydrogens (tertiary/aromatic N) is 2. The number of thiazole rings is 1. The zero-order valence-electron chi connectivity index (χ0n) is 12.9. The minimum absolute atomic E-state index is 0.173. The van der Waals surface area contributed by atoms with Crippen LogP contribution in [0.25, 0.3) is 11.1 Å². The molecule has 0 aliphatic heterocycles. The van der Waals surface area contributed by atoms with Gasteiger partial charge < -0.3 is 4.52 Å². The second kappa shape index (κ2) is 5.85. The van der Waals surface area contributed by atoms with Gasteiger partial charge in [-0.2, -0.15) is 0 Å². The van der Waals surface area contributed by atoms with E-state index in [1.54, 1.807) is 24.3 Å². The fourth-order valence-corrected chi connectivity index (χ4v) is 3.08. The lowest BCUT2D eigenvalue weighted by Crippen LogP contribution is -2.17. The number of carbonyl (C=O) groups is 1. The molecule has 3 aromatic rings. The summed E-state index contributed by atoms with van der Waals surface area (Å²) in [4.78, 5) is 30.0. The largest absolute Gasteiger partial charge is 0.366 e. The molecule has 1 amide bonds. The van der Waals surface area contributed by atoms with Crippen LogP contribution < -0.4 is 10.9 Å². The topological polar surface area (TPSA) is 77.1 Å². The van der Waals surface area contributed by atoms with Crippen molar-refractivity contribution in [3.63, 3.8) is 0 Å². The molecule has 0 atom stereocenters. The molecule has 118 valence electrons. The third kappa shape index (κ3) is 2.83. The predicted octanol–water partition coefficient (Wildman–Crippen LogP) is 2.97. The Labute approximate surface area is 136 Å². The summed E-state index contributed by atoms with van der Waals surface area (Å²) in [6, 6.07) is 8.98. The summed E-state index contributed by atoms with van der Waals surface area (Å²) in [5, 5.41) is 3.23. The van der Waals surface area contributed by atoms with Gasteiger partial charge >= 0.3 is 5.63 Å². The fourth-order valence-electron chi connectivity index (χ4n) is 2.27. The SMILES string of the molecule is Cc1nc(NC(=O)c2c(-c3ccccc3)c(=O)on2C)sc1C. The molecule has 1 N–H and O–H groups in total. The molecule has 0 saturated carbocycles. The first-order valence-corrected chi connectivity index (χ1v) is 7.80. The average molecular weight is 329 g/mol. The van der Waals surface area contributed by atoms with Crippen molar-refractivity contribution in [3.8, 4) is 11.1 Å². The molecule has 0 saturated heterocycles. The maximum Gasteiger partial charge on any atom is 0.366 e. The van der Waals surface area contributed by atoms with Crippen LogP contribution in [0.1, 0.15) is 21.1 Å². The maximum atomic E-state index is 12.6. The van der Waals surface area contributed by atoms with E-state index in [1.807, 2.05) is 19.9 Å². The normalized spacial score (nSPS) is 10.7. The maximum absolute atomic E-state index is 12.6. The highest BCUT2D eigenvalue weighted by Gasteiger charge is 2.24. The van der Waals surface area contributed by atoms with Gasteiger partial charge in [-0.25, -0.2) is 14.5 Å². The van der Waals surface area contributed by atoms with Gasteiger partial charge in [0.25, 0.3) is 5.91 Å². The number of anilines is 1. The first-order valence-electron chi connectivity index (χ1n) is 6.98. The molecule has 0 bridgehead atoms. The third-order valence-corrected chi connectivity index (χ3v) is 4.49. The van der Waals surface area contributed by atoms with Crippen LogP contribution in [0.15, 0.2) is 39.6 Å². The molecular weight excluding hydrogens is 314 g/mol. The molecule has 0 unspecified atom stereocenters. The van der Waals surface area contributed by atoms with Crippen LogP contribution in [-0.4, -0.2) is 15.6 Å². The van der Waals surface area contributed by atoms with Crippen molar-refractivity contribution in [1.82, 2.24) is 9.72 Å². The van der Waals surface area contributed by atoms with Crippen LogP contribution in [0.5, 0.6) is 0 Å². The lowest BCUT2D eigenvalue weighted by molar-refractivity contribution is 0.100. The van der Waals surface area contributed by atoms with Crippen molar-refractivity contribution >= 4 is 22.4 Å². The van der Waals surface area contributed by atoms with Gasteiger partial charge in [0.1, 0.15) is 5.56 Å². The fraction of sp³-hybridized carbons (Fsp3) is 0.188. The monoisotopic (exact) mass is 329 g/mol. The van der Waals surface area contributed by atoms with E-state index in [4.69, 9.17) is 4.52 Å². The highest BCUT2D eigenvalue weighted by atomic mass is 32.1. The second-order valence-corrected chi connectivity index (χ2v) is 6.28. The van der Waals surface area contributed by atoms with Crippen molar-refractivity contribution in [2.75, 3.05) is 5.32 Å². The number of hydrogen-bond donors (Lipinski definition) is 1. The number of carbonyl (C=O) groups excluding carboxylic acids is 1. The molecular formula is C16H15N3O3S. The Balaban J connectivity index is 2.02. The van der Waals surface area contributed by atoms with Crippen LogP contribution in [0.4, 0.5) is 5.13 Å². The van der Waals surface area contributed by atoms with Gasteiger partial charge in [0, 0.05) is 11.9 Å². The van der Waals surface area contributed by atoms with E-state index in [2.05, 4.69) is 10.3 Å². The van der Waals surface area contributed by atoms with Crippen molar-refractivity contribution in [2.45, 2.75) is 13.8 Å². The highest BCUT2D eigenvalue weighted by Crippen LogP contribution is 2.24. The van der Waals surface area contributed by atoms with Gasteiger partial charge in [-0.05, 0) is 19.4 Å². The zero-order valence-corrected chi connectivity index (χ0v) is 13.7. The van der Waals surface area contributed by atoms with Gasteiger partial charge in [0.05, 0.1) is 5.69 Å². The molecule has 3 rings (SSSR count). The molecule has 0 fully saturated rings. The van der Waals surface area contributed by atoms with E-state index in [1.165, 1.54) is 23.1 Å². The van der Waals surface area contributed by atoms with Gasteiger partial charge in [0.15, 0.2) is 10.8 Å². The lowest BCUT2D eigenvalue weighted by Gasteiger charge is -2.04. The quantitative estimate of drug-likeness (QED) is 0.801. The van der Waals surface area contributed by atoms with Crippen LogP contribution in [0.2, 0.25) is 0 Å². The molecule has 0 radical (unpaired) electrons. The number of amides is 1. The lowest BCUT2D eigenvalue weighted by atomic mass is 10.1. The Morgan fingerprint density at radius 2 is 1.96 bits per heavy atom. The molecule has 23 heavy (non-hydrogen) atoms. The Kier molecular flexibility index (Phi) is 3.87. The van der Waals surface area contributed by atoms with E-state index in [-0.39, 0.29) is 11.3 Å². The Hall–Kier alpha value is -2.67. The molecule has 0 aliphatic carbocycles. The van der Waals surface area contributed by atoms with Crippen LogP contribution in [0, 0.1) is 13.8 Å². The summed E-state index contributed by atoms with van der Waals surface area (Å²) in [6.07, 6.45) is 0. The summed E-state index contributed by atoms with van der Waals surface area (Å²) < 4.78 is 6.26. The minimum atomic E-state index is -0.546. The first-order chi connectivity index (χ1) is 11.0. The summed E-state index contributed by atoms with van der Waals surface area (Å²) in [5.74, 6) is -0.425. The van der Waals surface area contributed by atoms with Crippen LogP contribution in [0.3, 0.4) is 0 Å². The summed E-state index contributed by atoms with van der Waals surface area (Å²) in [7, 11) is 1.53. The molecule has 0 aliphatic rings. The Bertz CT molecular complexity index is 902. The van der Waals surface area contributed by atoms with Crippen molar-refractivity contribution in [3.05, 3.63) is 57.0 Å². The number of hydrogen-bond acceptors (Lipinski definition) is 5. The molecule has 7 heteroatoms. The number of aromatic nitrogens is 2. The highest BCUT2D eigenvalue weighted by molar-refractivity contribution is 7.15. The van der Waals surface area contributed by atoms with Crippen molar-refractivity contribution in [2.24, 2.45) is 7.05 Å². The summed E-state index contributed by atoms with van der Waals surface area (Å²) in [6.45, 7) is 3.82. The van der Waals surface area contributed by atoms with Crippen molar-refractivity contribution in [1.29, 1.82) is 0 Å². The number of benzene rings is 1. The molecule has 2 heterocycles. The van der Waals surface area contributed by atoms with Gasteiger partial charge in [-0.15, -0.1) is 11.3 Å². The van der Waals surface area contributed by atoms with Gasteiger partial charge in [-0.3, -0.25) is 10.1 Å². The number of nitrogens with one attached hydrogen (secondary N) is 1. The van der Waals surface area contributed by atoms with Gasteiger partial charge in [0.2, 0.25) is 0 Å². The average Bonchev–Trinajstić information content (AvgIpc) is 2.98. The first kappa shape index (κ1) is 15.2. The summed E-state index contributed by atoms with van der Waals surface area (Å²) >= 11 is 1.39.